The summed E-state index contributed by atoms with van der Waals surface area (Å²) in [5.41, 5.74) is 0.330. The van der Waals surface area contributed by atoms with Crippen molar-refractivity contribution in [3.05, 3.63) is 17.8 Å². The molecule has 5 nitrogen and oxygen atoms in total. The van der Waals surface area contributed by atoms with E-state index in [1.807, 2.05) is 6.07 Å². The molecule has 0 amide bonds. The predicted octanol–water partition coefficient (Wildman–Crippen LogP) is 2.09. The summed E-state index contributed by atoms with van der Waals surface area (Å²) in [5, 5.41) is 29.4. The molecule has 0 bridgehead atoms. The Morgan fingerprint density at radius 1 is 1.32 bits per heavy atom. The van der Waals surface area contributed by atoms with Crippen molar-refractivity contribution in [2.75, 3.05) is 11.9 Å². The highest BCUT2D eigenvalue weighted by atomic mass is 16.3. The third-order valence-electron chi connectivity index (χ3n) is 3.71. The highest BCUT2D eigenvalue weighted by Gasteiger charge is 2.22. The monoisotopic (exact) mass is 260 g/mol. The number of hydrogen-bond donors (Lipinski definition) is 2. The molecule has 1 aromatic rings. The van der Waals surface area contributed by atoms with Gasteiger partial charge in [-0.2, -0.15) is 5.26 Å². The molecule has 0 radical (unpaired) electrons. The van der Waals surface area contributed by atoms with Crippen LogP contribution < -0.4 is 5.32 Å². The lowest BCUT2D eigenvalue weighted by Gasteiger charge is -2.27. The van der Waals surface area contributed by atoms with E-state index >= 15 is 0 Å². The standard InChI is InChI=1S/C14H20N4O/c15-10-12-7-8-14(18-17-12)16-9-3-5-11-4-1-2-6-13(11)19/h7-8,11,13,19H,1-6,9H2,(H,16,18). The first-order valence-electron chi connectivity index (χ1n) is 6.95. The van der Waals surface area contributed by atoms with Gasteiger partial charge in [0.1, 0.15) is 11.9 Å². The van der Waals surface area contributed by atoms with Gasteiger partial charge in [0.15, 0.2) is 5.69 Å². The maximum atomic E-state index is 9.87. The zero-order valence-corrected chi connectivity index (χ0v) is 11.0. The van der Waals surface area contributed by atoms with Crippen LogP contribution in [0.4, 0.5) is 5.82 Å². The summed E-state index contributed by atoms with van der Waals surface area (Å²) in [5.74, 6) is 1.16. The van der Waals surface area contributed by atoms with Gasteiger partial charge in [-0.15, -0.1) is 10.2 Å². The molecule has 1 aromatic heterocycles. The average molecular weight is 260 g/mol. The van der Waals surface area contributed by atoms with Crippen molar-refractivity contribution in [3.63, 3.8) is 0 Å². The van der Waals surface area contributed by atoms with Crippen LogP contribution in [0.5, 0.6) is 0 Å². The Kier molecular flexibility index (Phi) is 5.10. The molecule has 1 heterocycles. The highest BCUT2D eigenvalue weighted by molar-refractivity contribution is 5.34. The van der Waals surface area contributed by atoms with E-state index in [0.717, 1.165) is 38.6 Å². The minimum absolute atomic E-state index is 0.108. The van der Waals surface area contributed by atoms with Crippen molar-refractivity contribution in [1.82, 2.24) is 10.2 Å². The Labute approximate surface area is 113 Å². The Morgan fingerprint density at radius 3 is 2.84 bits per heavy atom. The van der Waals surface area contributed by atoms with E-state index < -0.39 is 0 Å². The number of nitrogens with one attached hydrogen (secondary N) is 1. The molecule has 2 rings (SSSR count). The van der Waals surface area contributed by atoms with Gasteiger partial charge in [-0.05, 0) is 43.7 Å². The summed E-state index contributed by atoms with van der Waals surface area (Å²) in [4.78, 5) is 0. The minimum atomic E-state index is -0.108. The lowest BCUT2D eigenvalue weighted by molar-refractivity contribution is 0.0648. The van der Waals surface area contributed by atoms with E-state index in [2.05, 4.69) is 15.5 Å². The maximum absolute atomic E-state index is 9.87. The van der Waals surface area contributed by atoms with Crippen LogP contribution in [0.25, 0.3) is 0 Å². The smallest absolute Gasteiger partial charge is 0.163 e. The lowest BCUT2D eigenvalue weighted by atomic mass is 9.83. The van der Waals surface area contributed by atoms with Crippen molar-refractivity contribution in [3.8, 4) is 6.07 Å². The molecule has 2 atom stereocenters. The average Bonchev–Trinajstić information content (AvgIpc) is 2.46. The van der Waals surface area contributed by atoms with Crippen LogP contribution in [0, 0.1) is 17.2 Å². The van der Waals surface area contributed by atoms with Gasteiger partial charge in [-0.3, -0.25) is 0 Å². The van der Waals surface area contributed by atoms with Crippen molar-refractivity contribution < 1.29 is 5.11 Å². The van der Waals surface area contributed by atoms with E-state index in [9.17, 15) is 5.11 Å². The van der Waals surface area contributed by atoms with E-state index in [-0.39, 0.29) is 6.10 Å². The molecule has 5 heteroatoms. The van der Waals surface area contributed by atoms with Crippen molar-refractivity contribution in [2.24, 2.45) is 5.92 Å². The van der Waals surface area contributed by atoms with Crippen LogP contribution in [0.1, 0.15) is 44.2 Å². The van der Waals surface area contributed by atoms with Gasteiger partial charge >= 0.3 is 0 Å². The van der Waals surface area contributed by atoms with Gasteiger partial charge in [-0.1, -0.05) is 12.8 Å². The Balaban J connectivity index is 1.67. The van der Waals surface area contributed by atoms with Crippen LogP contribution in [-0.2, 0) is 0 Å². The van der Waals surface area contributed by atoms with E-state index in [1.54, 1.807) is 12.1 Å². The van der Waals surface area contributed by atoms with Crippen LogP contribution >= 0.6 is 0 Å². The molecule has 0 aliphatic heterocycles. The first-order chi connectivity index (χ1) is 9.29. The molecule has 0 spiro atoms. The molecule has 1 saturated carbocycles. The summed E-state index contributed by atoms with van der Waals surface area (Å²) in [6.07, 6.45) is 6.48. The maximum Gasteiger partial charge on any atom is 0.163 e. The fourth-order valence-corrected chi connectivity index (χ4v) is 2.59. The zero-order chi connectivity index (χ0) is 13.5. The summed E-state index contributed by atoms with van der Waals surface area (Å²) in [7, 11) is 0. The van der Waals surface area contributed by atoms with Gasteiger partial charge < -0.3 is 10.4 Å². The predicted molar refractivity (Wildman–Crippen MR) is 72.4 cm³/mol. The van der Waals surface area contributed by atoms with Crippen molar-refractivity contribution >= 4 is 5.82 Å². The van der Waals surface area contributed by atoms with Gasteiger partial charge in [0.05, 0.1) is 6.10 Å². The number of nitrogens with zero attached hydrogens (tertiary/aromatic N) is 3. The Bertz CT molecular complexity index is 426. The number of aliphatic hydroxyl groups excluding tert-OH is 1. The van der Waals surface area contributed by atoms with Gasteiger partial charge in [0, 0.05) is 6.54 Å². The second-order valence-electron chi connectivity index (χ2n) is 5.10. The molecule has 0 saturated heterocycles. The molecule has 2 N–H and O–H groups in total. The number of nitriles is 1. The molecule has 1 fully saturated rings. The largest absolute Gasteiger partial charge is 0.393 e. The zero-order valence-electron chi connectivity index (χ0n) is 11.0. The Morgan fingerprint density at radius 2 is 2.16 bits per heavy atom. The lowest BCUT2D eigenvalue weighted by Crippen LogP contribution is -2.24. The molecular formula is C14H20N4O. The van der Waals surface area contributed by atoms with Gasteiger partial charge in [0.2, 0.25) is 0 Å². The number of rotatable bonds is 5. The third kappa shape index (κ3) is 4.18. The summed E-state index contributed by atoms with van der Waals surface area (Å²) < 4.78 is 0. The first-order valence-corrected chi connectivity index (χ1v) is 6.95. The minimum Gasteiger partial charge on any atom is -0.393 e. The summed E-state index contributed by atoms with van der Waals surface area (Å²) in [6.45, 7) is 0.823. The number of anilines is 1. The topological polar surface area (TPSA) is 81.8 Å². The van der Waals surface area contributed by atoms with E-state index in [1.165, 1.54) is 6.42 Å². The van der Waals surface area contributed by atoms with E-state index in [4.69, 9.17) is 5.26 Å². The first kappa shape index (κ1) is 13.8. The normalized spacial score (nSPS) is 22.7. The number of hydrogen-bond acceptors (Lipinski definition) is 5. The van der Waals surface area contributed by atoms with Crippen molar-refractivity contribution in [2.45, 2.75) is 44.6 Å². The van der Waals surface area contributed by atoms with Crippen LogP contribution in [0.3, 0.4) is 0 Å². The molecule has 19 heavy (non-hydrogen) atoms. The second kappa shape index (κ2) is 7.05. The molecular weight excluding hydrogens is 240 g/mol. The SMILES string of the molecule is N#Cc1ccc(NCCCC2CCCCC2O)nn1. The second-order valence-corrected chi connectivity index (χ2v) is 5.10. The number of aliphatic hydroxyl groups is 1. The van der Waals surface area contributed by atoms with Crippen LogP contribution in [0.15, 0.2) is 12.1 Å². The van der Waals surface area contributed by atoms with Crippen LogP contribution in [-0.4, -0.2) is 28.0 Å². The van der Waals surface area contributed by atoms with Gasteiger partial charge in [0.25, 0.3) is 0 Å². The van der Waals surface area contributed by atoms with E-state index in [0.29, 0.717) is 17.4 Å². The van der Waals surface area contributed by atoms with Crippen LogP contribution in [0.2, 0.25) is 0 Å². The molecule has 102 valence electrons. The summed E-state index contributed by atoms with van der Waals surface area (Å²) in [6, 6.07) is 5.36. The molecule has 1 aliphatic carbocycles. The third-order valence-corrected chi connectivity index (χ3v) is 3.71. The quantitative estimate of drug-likeness (QED) is 0.792. The number of aromatic nitrogens is 2. The molecule has 0 aromatic carbocycles. The molecule has 1 aliphatic rings. The summed E-state index contributed by atoms with van der Waals surface area (Å²) >= 11 is 0. The fraction of sp³-hybridized carbons (Fsp3) is 0.643. The Hall–Kier alpha value is -1.67. The molecule has 2 unspecified atom stereocenters. The van der Waals surface area contributed by atoms with Gasteiger partial charge in [-0.25, -0.2) is 0 Å². The fourth-order valence-electron chi connectivity index (χ4n) is 2.59. The van der Waals surface area contributed by atoms with Crippen molar-refractivity contribution in [1.29, 1.82) is 5.26 Å². The highest BCUT2D eigenvalue weighted by Crippen LogP contribution is 2.27.